The molecule has 2 aliphatic heterocycles. The Bertz CT molecular complexity index is 826. The molecule has 142 valence electrons. The van der Waals surface area contributed by atoms with Crippen molar-refractivity contribution in [1.29, 1.82) is 0 Å². The van der Waals surface area contributed by atoms with Gasteiger partial charge in [0.05, 0.1) is 50.0 Å². The lowest BCUT2D eigenvalue weighted by Gasteiger charge is -2.30. The van der Waals surface area contributed by atoms with Crippen molar-refractivity contribution in [2.75, 3.05) is 55.1 Å². The lowest BCUT2D eigenvalue weighted by molar-refractivity contribution is 0.0208. The number of halogens is 1. The molecule has 0 unspecified atom stereocenters. The summed E-state index contributed by atoms with van der Waals surface area (Å²) in [6.45, 7) is 3.48. The van der Waals surface area contributed by atoms with E-state index in [0.717, 1.165) is 0 Å². The molecule has 2 N–H and O–H groups in total. The van der Waals surface area contributed by atoms with Crippen LogP contribution in [0.1, 0.15) is 10.5 Å². The van der Waals surface area contributed by atoms with E-state index in [4.69, 9.17) is 9.47 Å². The van der Waals surface area contributed by atoms with Crippen molar-refractivity contribution >= 4 is 23.2 Å². The summed E-state index contributed by atoms with van der Waals surface area (Å²) in [6, 6.07) is 2.98. The first-order valence-corrected chi connectivity index (χ1v) is 8.66. The molecule has 2 aromatic heterocycles. The zero-order valence-electron chi connectivity index (χ0n) is 14.5. The van der Waals surface area contributed by atoms with Crippen LogP contribution in [0.2, 0.25) is 0 Å². The van der Waals surface area contributed by atoms with Crippen LogP contribution in [-0.4, -0.2) is 66.4 Å². The maximum absolute atomic E-state index is 13.7. The number of ether oxygens (including phenoxy) is 2. The Morgan fingerprint density at radius 2 is 2.04 bits per heavy atom. The highest BCUT2D eigenvalue weighted by atomic mass is 19.1. The van der Waals surface area contributed by atoms with Crippen LogP contribution in [0.15, 0.2) is 24.5 Å². The van der Waals surface area contributed by atoms with Crippen LogP contribution in [0, 0.1) is 5.95 Å². The maximum Gasteiger partial charge on any atom is 0.274 e. The molecule has 0 atom stereocenters. The van der Waals surface area contributed by atoms with Gasteiger partial charge < -0.3 is 25.0 Å². The zero-order chi connectivity index (χ0) is 18.6. The SMILES string of the molecule is O=C(Nc1cnc(F)cc1N1CCOCC1)c1ccnc(NC2COC2)n1. The summed E-state index contributed by atoms with van der Waals surface area (Å²) >= 11 is 0. The summed E-state index contributed by atoms with van der Waals surface area (Å²) in [4.78, 5) is 26.6. The number of morpholine rings is 1. The van der Waals surface area contributed by atoms with Crippen molar-refractivity contribution in [2.45, 2.75) is 6.04 Å². The Morgan fingerprint density at radius 1 is 1.22 bits per heavy atom. The molecular weight excluding hydrogens is 355 g/mol. The van der Waals surface area contributed by atoms with Crippen molar-refractivity contribution in [3.05, 3.63) is 36.2 Å². The number of anilines is 3. The number of carbonyl (C=O) groups is 1. The van der Waals surface area contributed by atoms with E-state index in [2.05, 4.69) is 25.6 Å². The summed E-state index contributed by atoms with van der Waals surface area (Å²) in [5.74, 6) is -0.666. The number of hydrogen-bond donors (Lipinski definition) is 2. The van der Waals surface area contributed by atoms with Crippen molar-refractivity contribution < 1.29 is 18.7 Å². The molecule has 0 aromatic carbocycles. The van der Waals surface area contributed by atoms with E-state index in [1.54, 1.807) is 0 Å². The van der Waals surface area contributed by atoms with Crippen LogP contribution in [-0.2, 0) is 9.47 Å². The zero-order valence-corrected chi connectivity index (χ0v) is 14.5. The van der Waals surface area contributed by atoms with Crippen molar-refractivity contribution in [3.63, 3.8) is 0 Å². The summed E-state index contributed by atoms with van der Waals surface area (Å²) in [5, 5.41) is 5.86. The Labute approximate surface area is 154 Å². The number of hydrogen-bond acceptors (Lipinski definition) is 8. The molecule has 2 aromatic rings. The van der Waals surface area contributed by atoms with Crippen LogP contribution in [0.3, 0.4) is 0 Å². The summed E-state index contributed by atoms with van der Waals surface area (Å²) in [7, 11) is 0. The Hall–Kier alpha value is -2.85. The van der Waals surface area contributed by atoms with Gasteiger partial charge in [-0.2, -0.15) is 4.39 Å². The molecular formula is C17H19FN6O3. The van der Waals surface area contributed by atoms with E-state index in [0.29, 0.717) is 56.8 Å². The fraction of sp³-hybridized carbons (Fsp3) is 0.412. The predicted molar refractivity (Wildman–Crippen MR) is 95.4 cm³/mol. The van der Waals surface area contributed by atoms with Gasteiger partial charge in [0.15, 0.2) is 0 Å². The van der Waals surface area contributed by atoms with Gasteiger partial charge in [-0.1, -0.05) is 0 Å². The highest BCUT2D eigenvalue weighted by Gasteiger charge is 2.21. The van der Waals surface area contributed by atoms with Crippen LogP contribution in [0.4, 0.5) is 21.7 Å². The largest absolute Gasteiger partial charge is 0.378 e. The molecule has 0 bridgehead atoms. The Kier molecular flexibility index (Phi) is 5.07. The first-order chi connectivity index (χ1) is 13.2. The molecule has 4 heterocycles. The monoisotopic (exact) mass is 374 g/mol. The van der Waals surface area contributed by atoms with Gasteiger partial charge in [-0.05, 0) is 6.07 Å². The van der Waals surface area contributed by atoms with Crippen molar-refractivity contribution in [2.24, 2.45) is 0 Å². The van der Waals surface area contributed by atoms with E-state index < -0.39 is 11.9 Å². The number of nitrogens with zero attached hydrogens (tertiary/aromatic N) is 4. The number of amides is 1. The second kappa shape index (κ2) is 7.80. The fourth-order valence-corrected chi connectivity index (χ4v) is 2.83. The number of nitrogens with one attached hydrogen (secondary N) is 2. The molecule has 27 heavy (non-hydrogen) atoms. The van der Waals surface area contributed by atoms with Gasteiger partial charge in [0, 0.05) is 25.4 Å². The third kappa shape index (κ3) is 4.12. The van der Waals surface area contributed by atoms with Gasteiger partial charge in [-0.3, -0.25) is 4.79 Å². The maximum atomic E-state index is 13.7. The molecule has 0 radical (unpaired) electrons. The Morgan fingerprint density at radius 3 is 2.78 bits per heavy atom. The minimum atomic E-state index is -0.606. The molecule has 2 saturated heterocycles. The quantitative estimate of drug-likeness (QED) is 0.745. The third-order valence-electron chi connectivity index (χ3n) is 4.31. The molecule has 4 rings (SSSR count). The lowest BCUT2D eigenvalue weighted by atomic mass is 10.2. The van der Waals surface area contributed by atoms with Gasteiger partial charge in [0.2, 0.25) is 11.9 Å². The minimum absolute atomic E-state index is 0.150. The average molecular weight is 374 g/mol. The third-order valence-corrected chi connectivity index (χ3v) is 4.31. The highest BCUT2D eigenvalue weighted by molar-refractivity contribution is 6.04. The van der Waals surface area contributed by atoms with Crippen LogP contribution < -0.4 is 15.5 Å². The molecule has 2 aliphatic rings. The second-order valence-electron chi connectivity index (χ2n) is 6.22. The molecule has 0 spiro atoms. The molecule has 2 fully saturated rings. The second-order valence-corrected chi connectivity index (χ2v) is 6.22. The molecule has 1 amide bonds. The smallest absolute Gasteiger partial charge is 0.274 e. The van der Waals surface area contributed by atoms with Gasteiger partial charge in [-0.25, -0.2) is 15.0 Å². The Balaban J connectivity index is 1.51. The van der Waals surface area contributed by atoms with Gasteiger partial charge in [-0.15, -0.1) is 0 Å². The van der Waals surface area contributed by atoms with E-state index in [9.17, 15) is 9.18 Å². The van der Waals surface area contributed by atoms with Crippen molar-refractivity contribution in [1.82, 2.24) is 15.0 Å². The molecule has 0 aliphatic carbocycles. The van der Waals surface area contributed by atoms with Crippen LogP contribution >= 0.6 is 0 Å². The van der Waals surface area contributed by atoms with Gasteiger partial charge in [0.25, 0.3) is 5.91 Å². The lowest BCUT2D eigenvalue weighted by Crippen LogP contribution is -2.40. The van der Waals surface area contributed by atoms with Crippen LogP contribution in [0.25, 0.3) is 0 Å². The highest BCUT2D eigenvalue weighted by Crippen LogP contribution is 2.27. The molecule has 10 heteroatoms. The topological polar surface area (TPSA) is 102 Å². The number of carbonyl (C=O) groups excluding carboxylic acids is 1. The number of pyridine rings is 1. The number of rotatable bonds is 5. The standard InChI is InChI=1S/C17H19FN6O3/c18-15-7-14(24-3-5-26-6-4-24)13(8-20-15)22-16(25)12-1-2-19-17(23-12)21-11-9-27-10-11/h1-2,7-8,11H,3-6,9-10H2,(H,22,25)(H,19,21,23). The van der Waals surface area contributed by atoms with Gasteiger partial charge in [0.1, 0.15) is 5.69 Å². The number of aromatic nitrogens is 3. The first kappa shape index (κ1) is 17.6. The van der Waals surface area contributed by atoms with E-state index >= 15 is 0 Å². The average Bonchev–Trinajstić information content (AvgIpc) is 2.67. The normalized spacial score (nSPS) is 17.3. The first-order valence-electron chi connectivity index (χ1n) is 8.66. The fourth-order valence-electron chi connectivity index (χ4n) is 2.83. The van der Waals surface area contributed by atoms with Crippen molar-refractivity contribution in [3.8, 4) is 0 Å². The van der Waals surface area contributed by atoms with E-state index in [-0.39, 0.29) is 11.7 Å². The van der Waals surface area contributed by atoms with E-state index in [1.807, 2.05) is 4.90 Å². The summed E-state index contributed by atoms with van der Waals surface area (Å²) in [6.07, 6.45) is 2.82. The van der Waals surface area contributed by atoms with Crippen LogP contribution in [0.5, 0.6) is 0 Å². The van der Waals surface area contributed by atoms with Gasteiger partial charge >= 0.3 is 0 Å². The minimum Gasteiger partial charge on any atom is -0.378 e. The van der Waals surface area contributed by atoms with E-state index in [1.165, 1.54) is 24.5 Å². The molecule has 9 nitrogen and oxygen atoms in total. The summed E-state index contributed by atoms with van der Waals surface area (Å²) < 4.78 is 24.1. The predicted octanol–water partition coefficient (Wildman–Crippen LogP) is 0.910. The molecule has 0 saturated carbocycles. The summed E-state index contributed by atoms with van der Waals surface area (Å²) in [5.41, 5.74) is 1.19.